The summed E-state index contributed by atoms with van der Waals surface area (Å²) in [4.78, 5) is 9.92. The number of benzene rings is 1. The van der Waals surface area contributed by atoms with Crippen molar-refractivity contribution in [3.63, 3.8) is 0 Å². The number of hydrogen-bond donors (Lipinski definition) is 1. The van der Waals surface area contributed by atoms with Crippen molar-refractivity contribution in [1.29, 1.82) is 0 Å². The van der Waals surface area contributed by atoms with Crippen molar-refractivity contribution in [2.45, 2.75) is 18.4 Å². The molecule has 0 aliphatic carbocycles. The Morgan fingerprint density at radius 1 is 1.18 bits per heavy atom. The third-order valence-electron chi connectivity index (χ3n) is 2.35. The van der Waals surface area contributed by atoms with E-state index in [1.54, 1.807) is 6.20 Å². The molecule has 0 saturated heterocycles. The van der Waals surface area contributed by atoms with E-state index in [0.29, 0.717) is 6.54 Å². The maximum Gasteiger partial charge on any atom is 0.159 e. The molecular weight excluding hydrogens is 230 g/mol. The van der Waals surface area contributed by atoms with Crippen LogP contribution in [0.4, 0.5) is 0 Å². The molecule has 0 amide bonds. The molecule has 0 aliphatic heterocycles. The second-order valence-corrected chi connectivity index (χ2v) is 4.87. The molecule has 0 atom stereocenters. The van der Waals surface area contributed by atoms with Crippen molar-refractivity contribution in [3.05, 3.63) is 42.2 Å². The standard InChI is InChI=1S/C13H15N3S/c1-2-17-12-5-3-10(4-6-12)13-15-8-7-11(9-14)16-13/h3-8H,2,9,14H2,1H3. The molecule has 0 aliphatic rings. The van der Waals surface area contributed by atoms with Gasteiger partial charge in [-0.25, -0.2) is 9.97 Å². The minimum atomic E-state index is 0.444. The smallest absolute Gasteiger partial charge is 0.159 e. The second-order valence-electron chi connectivity index (χ2n) is 3.53. The van der Waals surface area contributed by atoms with E-state index >= 15 is 0 Å². The maximum atomic E-state index is 5.57. The molecule has 0 spiro atoms. The van der Waals surface area contributed by atoms with Crippen molar-refractivity contribution in [3.8, 4) is 11.4 Å². The number of hydrogen-bond acceptors (Lipinski definition) is 4. The van der Waals surface area contributed by atoms with Gasteiger partial charge in [0.1, 0.15) is 0 Å². The lowest BCUT2D eigenvalue weighted by atomic mass is 10.2. The molecule has 0 saturated carbocycles. The van der Waals surface area contributed by atoms with Gasteiger partial charge in [0.25, 0.3) is 0 Å². The highest BCUT2D eigenvalue weighted by molar-refractivity contribution is 7.99. The van der Waals surface area contributed by atoms with Crippen molar-refractivity contribution in [2.75, 3.05) is 5.75 Å². The van der Waals surface area contributed by atoms with Gasteiger partial charge in [-0.2, -0.15) is 0 Å². The van der Waals surface area contributed by atoms with Crippen LogP contribution in [0.3, 0.4) is 0 Å². The molecule has 1 aromatic carbocycles. The van der Waals surface area contributed by atoms with E-state index in [-0.39, 0.29) is 0 Å². The summed E-state index contributed by atoms with van der Waals surface area (Å²) in [6, 6.07) is 10.1. The van der Waals surface area contributed by atoms with Gasteiger partial charge in [-0.1, -0.05) is 19.1 Å². The van der Waals surface area contributed by atoms with E-state index in [4.69, 9.17) is 5.73 Å². The summed E-state index contributed by atoms with van der Waals surface area (Å²) in [6.07, 6.45) is 1.75. The van der Waals surface area contributed by atoms with Crippen LogP contribution in [-0.2, 0) is 6.54 Å². The largest absolute Gasteiger partial charge is 0.325 e. The van der Waals surface area contributed by atoms with E-state index in [1.807, 2.05) is 30.0 Å². The SMILES string of the molecule is CCSc1ccc(-c2nccc(CN)n2)cc1. The lowest BCUT2D eigenvalue weighted by Crippen LogP contribution is -2.01. The van der Waals surface area contributed by atoms with Crippen LogP contribution in [0.5, 0.6) is 0 Å². The van der Waals surface area contributed by atoms with Gasteiger partial charge >= 0.3 is 0 Å². The van der Waals surface area contributed by atoms with Gasteiger partial charge < -0.3 is 5.73 Å². The zero-order chi connectivity index (χ0) is 12.1. The Bertz CT molecular complexity index is 482. The number of thioether (sulfide) groups is 1. The minimum Gasteiger partial charge on any atom is -0.325 e. The summed E-state index contributed by atoms with van der Waals surface area (Å²) in [5.41, 5.74) is 7.46. The first-order valence-corrected chi connectivity index (χ1v) is 6.57. The molecule has 3 nitrogen and oxygen atoms in total. The molecule has 0 unspecified atom stereocenters. The van der Waals surface area contributed by atoms with Crippen molar-refractivity contribution < 1.29 is 0 Å². The lowest BCUT2D eigenvalue weighted by molar-refractivity contribution is 0.969. The molecule has 2 rings (SSSR count). The fraction of sp³-hybridized carbons (Fsp3) is 0.231. The van der Waals surface area contributed by atoms with E-state index in [9.17, 15) is 0 Å². The summed E-state index contributed by atoms with van der Waals surface area (Å²) in [7, 11) is 0. The highest BCUT2D eigenvalue weighted by Gasteiger charge is 2.02. The summed E-state index contributed by atoms with van der Waals surface area (Å²) in [5, 5.41) is 0. The zero-order valence-electron chi connectivity index (χ0n) is 9.76. The van der Waals surface area contributed by atoms with Crippen LogP contribution < -0.4 is 5.73 Å². The summed E-state index contributed by atoms with van der Waals surface area (Å²) in [6.45, 7) is 2.59. The molecule has 17 heavy (non-hydrogen) atoms. The third-order valence-corrected chi connectivity index (χ3v) is 3.24. The van der Waals surface area contributed by atoms with E-state index in [2.05, 4.69) is 29.0 Å². The van der Waals surface area contributed by atoms with Crippen LogP contribution in [0.1, 0.15) is 12.6 Å². The Morgan fingerprint density at radius 3 is 2.59 bits per heavy atom. The fourth-order valence-electron chi connectivity index (χ4n) is 1.52. The van der Waals surface area contributed by atoms with Crippen LogP contribution in [0.15, 0.2) is 41.4 Å². The fourth-order valence-corrected chi connectivity index (χ4v) is 2.18. The summed E-state index contributed by atoms with van der Waals surface area (Å²) in [5.74, 6) is 1.82. The average molecular weight is 245 g/mol. The molecular formula is C13H15N3S. The summed E-state index contributed by atoms with van der Waals surface area (Å²) >= 11 is 1.83. The maximum absolute atomic E-state index is 5.57. The molecule has 0 bridgehead atoms. The van der Waals surface area contributed by atoms with E-state index in [0.717, 1.165) is 22.8 Å². The van der Waals surface area contributed by atoms with Gasteiger partial charge in [-0.3, -0.25) is 0 Å². The van der Waals surface area contributed by atoms with Crippen LogP contribution in [0.25, 0.3) is 11.4 Å². The van der Waals surface area contributed by atoms with Crippen molar-refractivity contribution in [2.24, 2.45) is 5.73 Å². The van der Waals surface area contributed by atoms with E-state index in [1.165, 1.54) is 4.90 Å². The molecule has 2 aromatic rings. The monoisotopic (exact) mass is 245 g/mol. The van der Waals surface area contributed by atoms with Gasteiger partial charge in [0.2, 0.25) is 0 Å². The van der Waals surface area contributed by atoms with Crippen LogP contribution >= 0.6 is 11.8 Å². The first-order chi connectivity index (χ1) is 8.33. The van der Waals surface area contributed by atoms with Crippen molar-refractivity contribution in [1.82, 2.24) is 9.97 Å². The van der Waals surface area contributed by atoms with Gasteiger partial charge in [0.05, 0.1) is 5.69 Å². The molecule has 0 fully saturated rings. The average Bonchev–Trinajstić information content (AvgIpc) is 2.40. The Kier molecular flexibility index (Phi) is 4.12. The predicted octanol–water partition coefficient (Wildman–Crippen LogP) is 2.71. The molecule has 1 aromatic heterocycles. The predicted molar refractivity (Wildman–Crippen MR) is 71.8 cm³/mol. The van der Waals surface area contributed by atoms with Gasteiger partial charge in [-0.15, -0.1) is 11.8 Å². The molecule has 2 N–H and O–H groups in total. The van der Waals surface area contributed by atoms with Crippen LogP contribution in [0.2, 0.25) is 0 Å². The zero-order valence-corrected chi connectivity index (χ0v) is 10.6. The molecule has 1 heterocycles. The topological polar surface area (TPSA) is 51.8 Å². The normalized spacial score (nSPS) is 10.5. The highest BCUT2D eigenvalue weighted by atomic mass is 32.2. The highest BCUT2D eigenvalue weighted by Crippen LogP contribution is 2.21. The molecule has 0 radical (unpaired) electrons. The number of nitrogens with zero attached hydrogens (tertiary/aromatic N) is 2. The lowest BCUT2D eigenvalue weighted by Gasteiger charge is -2.03. The Balaban J connectivity index is 2.26. The Hall–Kier alpha value is -1.39. The van der Waals surface area contributed by atoms with Crippen molar-refractivity contribution >= 4 is 11.8 Å². The van der Waals surface area contributed by atoms with Crippen LogP contribution in [0, 0.1) is 0 Å². The number of aromatic nitrogens is 2. The number of nitrogens with two attached hydrogens (primary N) is 1. The minimum absolute atomic E-state index is 0.444. The number of rotatable bonds is 4. The molecule has 88 valence electrons. The Morgan fingerprint density at radius 2 is 1.94 bits per heavy atom. The summed E-state index contributed by atoms with van der Waals surface area (Å²) < 4.78 is 0. The van der Waals surface area contributed by atoms with Crippen LogP contribution in [-0.4, -0.2) is 15.7 Å². The van der Waals surface area contributed by atoms with E-state index < -0.39 is 0 Å². The van der Waals surface area contributed by atoms with Gasteiger partial charge in [0.15, 0.2) is 5.82 Å². The quantitative estimate of drug-likeness (QED) is 0.841. The first kappa shape index (κ1) is 12.1. The Labute approximate surface area is 105 Å². The third kappa shape index (κ3) is 3.05. The van der Waals surface area contributed by atoms with Gasteiger partial charge in [0, 0.05) is 23.2 Å². The second kappa shape index (κ2) is 5.80. The van der Waals surface area contributed by atoms with Gasteiger partial charge in [-0.05, 0) is 24.0 Å². The molecule has 4 heteroatoms. The first-order valence-electron chi connectivity index (χ1n) is 5.58.